The van der Waals surface area contributed by atoms with Crippen LogP contribution in [-0.4, -0.2) is 37.5 Å². The number of aromatic nitrogens is 1. The third kappa shape index (κ3) is 6.65. The first-order valence-corrected chi connectivity index (χ1v) is 18.2. The number of rotatable bonds is 10. The number of carbonyl (C=O) groups is 1. The summed E-state index contributed by atoms with van der Waals surface area (Å²) in [7, 11) is -3.38. The van der Waals surface area contributed by atoms with E-state index in [4.69, 9.17) is 9.47 Å². The van der Waals surface area contributed by atoms with Crippen molar-refractivity contribution in [1.82, 2.24) is 4.98 Å². The Kier molecular flexibility index (Phi) is 8.66. The molecule has 0 bridgehead atoms. The Hall–Kier alpha value is -5.45. The van der Waals surface area contributed by atoms with Crippen molar-refractivity contribution in [2.45, 2.75) is 17.7 Å². The van der Waals surface area contributed by atoms with Crippen molar-refractivity contribution >= 4 is 49.0 Å². The highest BCUT2D eigenvalue weighted by molar-refractivity contribution is 7.90. The van der Waals surface area contributed by atoms with Gasteiger partial charge in [-0.05, 0) is 65.8 Å². The highest BCUT2D eigenvalue weighted by Gasteiger charge is 2.21. The highest BCUT2D eigenvalue weighted by Crippen LogP contribution is 2.46. The fourth-order valence-electron chi connectivity index (χ4n) is 6.07. The van der Waals surface area contributed by atoms with E-state index in [1.165, 1.54) is 29.7 Å². The van der Waals surface area contributed by atoms with Gasteiger partial charge in [-0.2, -0.15) is 0 Å². The van der Waals surface area contributed by atoms with Crippen LogP contribution in [0.4, 0.5) is 9.18 Å². The van der Waals surface area contributed by atoms with Crippen LogP contribution in [-0.2, 0) is 16.3 Å². The average molecular weight is 692 g/mol. The summed E-state index contributed by atoms with van der Waals surface area (Å²) in [4.78, 5) is 16.9. The number of para-hydroxylation sites is 1. The van der Waals surface area contributed by atoms with Gasteiger partial charge in [-0.25, -0.2) is 17.6 Å². The molecule has 0 unspecified atom stereocenters. The Morgan fingerprint density at radius 2 is 1.53 bits per heavy atom. The van der Waals surface area contributed by atoms with Crippen LogP contribution in [0.3, 0.4) is 0 Å². The molecule has 0 fully saturated rings. The molecule has 0 aliphatic rings. The fourth-order valence-corrected chi connectivity index (χ4v) is 7.91. The number of halogens is 1. The number of aromatic amines is 1. The quantitative estimate of drug-likeness (QED) is 0.109. The lowest BCUT2D eigenvalue weighted by Crippen LogP contribution is -2.06. The van der Waals surface area contributed by atoms with E-state index < -0.39 is 16.0 Å². The predicted molar refractivity (Wildman–Crippen MR) is 192 cm³/mol. The molecule has 10 heteroatoms. The van der Waals surface area contributed by atoms with E-state index in [0.717, 1.165) is 65.0 Å². The van der Waals surface area contributed by atoms with Gasteiger partial charge in [-0.3, -0.25) is 0 Å². The van der Waals surface area contributed by atoms with Crippen molar-refractivity contribution in [1.29, 1.82) is 0 Å². The van der Waals surface area contributed by atoms with E-state index >= 15 is 0 Å². The molecule has 0 aliphatic carbocycles. The maximum Gasteiger partial charge on any atom is 0.512 e. The number of benzene rings is 5. The van der Waals surface area contributed by atoms with E-state index in [1.807, 2.05) is 66.7 Å². The first kappa shape index (κ1) is 32.1. The summed E-state index contributed by atoms with van der Waals surface area (Å²) in [5.74, 6) is 0.597. The standard InChI is InChI=1S/C39H30FNO6S2/c1-49(44,45)28-20-16-26(17-21-28)37-33(25-14-18-27(40)19-15-25)23-35(48-37)32-11-5-10-30-31(38(41-36(30)32)47-39(42)43)12-6-22-46-34-13-4-8-24-7-2-3-9-29(24)34/h2-5,7-11,13-21,23,41H,6,12,22H2,1H3,(H,42,43). The molecule has 5 aromatic carbocycles. The second-order valence-corrected chi connectivity index (χ2v) is 14.7. The van der Waals surface area contributed by atoms with Gasteiger partial charge in [0.15, 0.2) is 9.84 Å². The first-order chi connectivity index (χ1) is 23.7. The Labute approximate surface area is 286 Å². The van der Waals surface area contributed by atoms with Crippen LogP contribution >= 0.6 is 11.3 Å². The van der Waals surface area contributed by atoms with Crippen LogP contribution in [0.1, 0.15) is 12.0 Å². The molecule has 49 heavy (non-hydrogen) atoms. The zero-order valence-corrected chi connectivity index (χ0v) is 27.9. The molecule has 0 saturated carbocycles. The molecule has 2 aromatic heterocycles. The van der Waals surface area contributed by atoms with Gasteiger partial charge in [0.2, 0.25) is 5.88 Å². The largest absolute Gasteiger partial charge is 0.512 e. The molecule has 7 nitrogen and oxygen atoms in total. The Morgan fingerprint density at radius 1 is 0.837 bits per heavy atom. The van der Waals surface area contributed by atoms with Crippen molar-refractivity contribution in [3.63, 3.8) is 0 Å². The molecular formula is C39H30FNO6S2. The Bertz CT molecular complexity index is 2430. The molecular weight excluding hydrogens is 662 g/mol. The number of carboxylic acid groups (broad SMARTS) is 1. The molecule has 2 heterocycles. The van der Waals surface area contributed by atoms with Gasteiger partial charge in [-0.15, -0.1) is 11.3 Å². The van der Waals surface area contributed by atoms with Gasteiger partial charge in [0, 0.05) is 43.5 Å². The SMILES string of the molecule is CS(=O)(=O)c1ccc(-c2sc(-c3cccc4c(CCCOc5cccc6ccccc56)c(OC(=O)O)[nH]c34)cc2-c2ccc(F)cc2)cc1. The third-order valence-electron chi connectivity index (χ3n) is 8.37. The molecule has 0 radical (unpaired) electrons. The summed E-state index contributed by atoms with van der Waals surface area (Å²) in [6.45, 7) is 0.417. The van der Waals surface area contributed by atoms with E-state index in [2.05, 4.69) is 4.98 Å². The van der Waals surface area contributed by atoms with Crippen molar-refractivity contribution in [3.05, 3.63) is 127 Å². The van der Waals surface area contributed by atoms with Gasteiger partial charge in [0.1, 0.15) is 11.6 Å². The minimum absolute atomic E-state index is 0.159. The van der Waals surface area contributed by atoms with Crippen molar-refractivity contribution in [3.8, 4) is 43.6 Å². The van der Waals surface area contributed by atoms with Gasteiger partial charge in [0.25, 0.3) is 0 Å². The second kappa shape index (κ2) is 13.2. The lowest BCUT2D eigenvalue weighted by Gasteiger charge is -2.09. The van der Waals surface area contributed by atoms with E-state index in [9.17, 15) is 22.7 Å². The predicted octanol–water partition coefficient (Wildman–Crippen LogP) is 9.99. The van der Waals surface area contributed by atoms with E-state index in [-0.39, 0.29) is 16.6 Å². The number of nitrogens with one attached hydrogen (secondary N) is 1. The molecule has 7 rings (SSSR count). The summed E-state index contributed by atoms with van der Waals surface area (Å²) in [6.07, 6.45) is 0.856. The Morgan fingerprint density at radius 3 is 2.29 bits per heavy atom. The third-order valence-corrected chi connectivity index (χ3v) is 10.7. The maximum absolute atomic E-state index is 13.9. The van der Waals surface area contributed by atoms with Crippen LogP contribution in [0.25, 0.3) is 53.7 Å². The highest BCUT2D eigenvalue weighted by atomic mass is 32.2. The normalized spacial score (nSPS) is 11.6. The number of H-pyrrole nitrogens is 1. The number of thiophene rings is 1. The number of sulfone groups is 1. The topological polar surface area (TPSA) is 106 Å². The Balaban J connectivity index is 1.25. The summed E-state index contributed by atoms with van der Waals surface area (Å²) in [5, 5.41) is 12.5. The summed E-state index contributed by atoms with van der Waals surface area (Å²) >= 11 is 1.50. The monoisotopic (exact) mass is 691 g/mol. The molecule has 246 valence electrons. The number of hydrogen-bond acceptors (Lipinski definition) is 6. The summed E-state index contributed by atoms with van der Waals surface area (Å²) in [6, 6.07) is 34.7. The molecule has 0 atom stereocenters. The van der Waals surface area contributed by atoms with Crippen molar-refractivity contribution in [2.24, 2.45) is 0 Å². The fraction of sp³-hybridized carbons (Fsp3) is 0.103. The first-order valence-electron chi connectivity index (χ1n) is 15.5. The van der Waals surface area contributed by atoms with Crippen LogP contribution < -0.4 is 9.47 Å². The van der Waals surface area contributed by atoms with E-state index in [1.54, 1.807) is 36.4 Å². The molecule has 2 N–H and O–H groups in total. The average Bonchev–Trinajstić information content (AvgIpc) is 3.68. The maximum atomic E-state index is 13.9. The van der Waals surface area contributed by atoms with E-state index in [0.29, 0.717) is 19.4 Å². The van der Waals surface area contributed by atoms with Gasteiger partial charge < -0.3 is 19.6 Å². The zero-order valence-electron chi connectivity index (χ0n) is 26.3. The van der Waals surface area contributed by atoms with Crippen LogP contribution in [0, 0.1) is 5.82 Å². The lowest BCUT2D eigenvalue weighted by molar-refractivity contribution is 0.142. The summed E-state index contributed by atoms with van der Waals surface area (Å²) < 4.78 is 49.5. The summed E-state index contributed by atoms with van der Waals surface area (Å²) in [5.41, 5.74) is 4.74. The van der Waals surface area contributed by atoms with Crippen LogP contribution in [0.2, 0.25) is 0 Å². The number of aryl methyl sites for hydroxylation is 1. The minimum atomic E-state index is -3.38. The lowest BCUT2D eigenvalue weighted by atomic mass is 10.0. The number of fused-ring (bicyclic) bond motifs is 2. The van der Waals surface area contributed by atoms with Crippen LogP contribution in [0.5, 0.6) is 11.6 Å². The molecule has 0 amide bonds. The van der Waals surface area contributed by atoms with Gasteiger partial charge in [0.05, 0.1) is 17.0 Å². The molecule has 0 saturated heterocycles. The van der Waals surface area contributed by atoms with Crippen molar-refractivity contribution < 1.29 is 32.2 Å². The second-order valence-electron chi connectivity index (χ2n) is 11.6. The number of hydrogen-bond donors (Lipinski definition) is 2. The smallest absolute Gasteiger partial charge is 0.493 e. The molecule has 7 aromatic rings. The number of ether oxygens (including phenoxy) is 2. The van der Waals surface area contributed by atoms with Crippen LogP contribution in [0.15, 0.2) is 120 Å². The molecule has 0 aliphatic heterocycles. The minimum Gasteiger partial charge on any atom is -0.493 e. The molecule has 0 spiro atoms. The van der Waals surface area contributed by atoms with Gasteiger partial charge in [-0.1, -0.05) is 78.9 Å². The van der Waals surface area contributed by atoms with Gasteiger partial charge >= 0.3 is 6.16 Å². The van der Waals surface area contributed by atoms with Crippen molar-refractivity contribution in [2.75, 3.05) is 12.9 Å². The zero-order chi connectivity index (χ0) is 34.1.